The molecule has 0 aromatic heterocycles. The molecule has 148 valence electrons. The fourth-order valence-electron chi connectivity index (χ4n) is 3.78. The van der Waals surface area contributed by atoms with Gasteiger partial charge in [-0.25, -0.2) is 4.79 Å². The summed E-state index contributed by atoms with van der Waals surface area (Å²) in [7, 11) is 0. The smallest absolute Gasteiger partial charge is 0.334 e. The van der Waals surface area contributed by atoms with E-state index in [0.717, 1.165) is 16.7 Å². The molecule has 5 nitrogen and oxygen atoms in total. The maximum Gasteiger partial charge on any atom is 0.334 e. The fraction of sp³-hybridized carbons (Fsp3) is 0.208. The van der Waals surface area contributed by atoms with Crippen LogP contribution in [0.4, 0.5) is 0 Å². The van der Waals surface area contributed by atoms with Crippen molar-refractivity contribution in [1.82, 2.24) is 0 Å². The third kappa shape index (κ3) is 4.19. The summed E-state index contributed by atoms with van der Waals surface area (Å²) in [4.78, 5) is 28.3. The van der Waals surface area contributed by atoms with Crippen LogP contribution in [0, 0.1) is 12.8 Å². The molecule has 0 aliphatic carbocycles. The van der Waals surface area contributed by atoms with Crippen LogP contribution >= 0.6 is 0 Å². The summed E-state index contributed by atoms with van der Waals surface area (Å²) >= 11 is 0. The van der Waals surface area contributed by atoms with Crippen LogP contribution < -0.4 is 0 Å². The Morgan fingerprint density at radius 1 is 0.931 bits per heavy atom. The Bertz CT molecular complexity index is 1040. The standard InChI is InChI=1S/C24H23NO4/c1-14-8-10-17(11-9-14)12-13-18-6-4-5-7-19(18)22-20(23(26)27)15(2)25-16(3)21(22)24(28)29/h4-13,20,22H,1-3H3,(H,26,27)(H,28,29). The van der Waals surface area contributed by atoms with Gasteiger partial charge in [0.15, 0.2) is 0 Å². The highest BCUT2D eigenvalue weighted by atomic mass is 16.4. The van der Waals surface area contributed by atoms with Crippen LogP contribution in [0.25, 0.3) is 12.2 Å². The number of carboxylic acid groups (broad SMARTS) is 2. The van der Waals surface area contributed by atoms with Crippen LogP contribution in [0.3, 0.4) is 0 Å². The molecule has 1 aliphatic heterocycles. The number of aliphatic imine (C=N–C) groups is 1. The number of rotatable bonds is 5. The summed E-state index contributed by atoms with van der Waals surface area (Å²) in [5.41, 5.74) is 4.39. The average Bonchev–Trinajstić information content (AvgIpc) is 2.66. The Morgan fingerprint density at radius 3 is 2.21 bits per heavy atom. The van der Waals surface area contributed by atoms with E-state index in [2.05, 4.69) is 4.99 Å². The molecule has 5 heteroatoms. The summed E-state index contributed by atoms with van der Waals surface area (Å²) < 4.78 is 0. The minimum atomic E-state index is -1.15. The quantitative estimate of drug-likeness (QED) is 0.720. The fourth-order valence-corrected chi connectivity index (χ4v) is 3.78. The SMILES string of the molecule is CC1=NC(C)=C(C(=O)O)C(c2ccccc2C=Cc2ccc(C)cc2)C1C(=O)O. The van der Waals surface area contributed by atoms with Crippen LogP contribution in [-0.2, 0) is 9.59 Å². The molecule has 2 aromatic rings. The van der Waals surface area contributed by atoms with Crippen LogP contribution in [0.15, 0.2) is 64.8 Å². The minimum absolute atomic E-state index is 0.0270. The molecular formula is C24H23NO4. The highest BCUT2D eigenvalue weighted by Gasteiger charge is 2.41. The number of benzene rings is 2. The van der Waals surface area contributed by atoms with Crippen molar-refractivity contribution in [3.8, 4) is 0 Å². The maximum atomic E-state index is 12.0. The number of carboxylic acids is 2. The molecular weight excluding hydrogens is 366 g/mol. The number of aryl methyl sites for hydroxylation is 1. The van der Waals surface area contributed by atoms with Gasteiger partial charge in [-0.05, 0) is 37.5 Å². The van der Waals surface area contributed by atoms with Gasteiger partial charge in [0, 0.05) is 17.3 Å². The molecule has 2 atom stereocenters. The lowest BCUT2D eigenvalue weighted by atomic mass is 9.74. The van der Waals surface area contributed by atoms with Gasteiger partial charge in [-0.2, -0.15) is 0 Å². The second kappa shape index (κ2) is 8.27. The zero-order valence-corrected chi connectivity index (χ0v) is 16.6. The van der Waals surface area contributed by atoms with E-state index in [-0.39, 0.29) is 5.57 Å². The first kappa shape index (κ1) is 20.3. The summed E-state index contributed by atoms with van der Waals surface area (Å²) in [5.74, 6) is -4.08. The summed E-state index contributed by atoms with van der Waals surface area (Å²) in [5, 5.41) is 19.6. The van der Waals surface area contributed by atoms with Gasteiger partial charge in [0.05, 0.1) is 5.57 Å². The van der Waals surface area contributed by atoms with E-state index < -0.39 is 23.8 Å². The van der Waals surface area contributed by atoms with E-state index in [4.69, 9.17) is 0 Å². The van der Waals surface area contributed by atoms with Crippen molar-refractivity contribution in [1.29, 1.82) is 0 Å². The zero-order valence-electron chi connectivity index (χ0n) is 16.6. The normalized spacial score (nSPS) is 19.3. The van der Waals surface area contributed by atoms with Crippen molar-refractivity contribution in [2.24, 2.45) is 10.9 Å². The van der Waals surface area contributed by atoms with Crippen molar-refractivity contribution >= 4 is 29.8 Å². The Balaban J connectivity index is 2.13. The molecule has 2 aromatic carbocycles. The van der Waals surface area contributed by atoms with Crippen molar-refractivity contribution in [3.05, 3.63) is 82.1 Å². The lowest BCUT2D eigenvalue weighted by molar-refractivity contribution is -0.140. The second-order valence-electron chi connectivity index (χ2n) is 7.22. The maximum absolute atomic E-state index is 12.0. The number of aliphatic carboxylic acids is 2. The first-order valence-corrected chi connectivity index (χ1v) is 9.35. The van der Waals surface area contributed by atoms with E-state index in [9.17, 15) is 19.8 Å². The molecule has 0 spiro atoms. The van der Waals surface area contributed by atoms with Gasteiger partial charge < -0.3 is 10.2 Å². The highest BCUT2D eigenvalue weighted by Crippen LogP contribution is 2.40. The predicted molar refractivity (Wildman–Crippen MR) is 114 cm³/mol. The third-order valence-corrected chi connectivity index (χ3v) is 5.19. The van der Waals surface area contributed by atoms with E-state index in [0.29, 0.717) is 17.0 Å². The molecule has 3 rings (SSSR count). The van der Waals surface area contributed by atoms with Gasteiger partial charge in [0.2, 0.25) is 0 Å². The first-order valence-electron chi connectivity index (χ1n) is 9.35. The van der Waals surface area contributed by atoms with Gasteiger partial charge >= 0.3 is 11.9 Å². The lowest BCUT2D eigenvalue weighted by Gasteiger charge is -2.30. The minimum Gasteiger partial charge on any atom is -0.481 e. The molecule has 0 amide bonds. The van der Waals surface area contributed by atoms with Gasteiger partial charge in [0.1, 0.15) is 5.92 Å². The van der Waals surface area contributed by atoms with Crippen LogP contribution in [0.1, 0.15) is 42.0 Å². The molecule has 1 aliphatic rings. The monoisotopic (exact) mass is 389 g/mol. The topological polar surface area (TPSA) is 87.0 Å². The van der Waals surface area contributed by atoms with Gasteiger partial charge in [0.25, 0.3) is 0 Å². The second-order valence-corrected chi connectivity index (χ2v) is 7.22. The van der Waals surface area contributed by atoms with Gasteiger partial charge in [-0.1, -0.05) is 66.2 Å². The molecule has 0 saturated heterocycles. The first-order chi connectivity index (χ1) is 13.8. The molecule has 0 saturated carbocycles. The molecule has 0 fully saturated rings. The zero-order chi connectivity index (χ0) is 21.1. The lowest BCUT2D eigenvalue weighted by Crippen LogP contribution is -2.35. The van der Waals surface area contributed by atoms with Crippen LogP contribution in [0.5, 0.6) is 0 Å². The Labute approximate surface area is 169 Å². The summed E-state index contributed by atoms with van der Waals surface area (Å²) in [6.07, 6.45) is 3.84. The predicted octanol–water partition coefficient (Wildman–Crippen LogP) is 4.78. The van der Waals surface area contributed by atoms with E-state index in [1.54, 1.807) is 26.0 Å². The Hall–Kier alpha value is -3.47. The van der Waals surface area contributed by atoms with Gasteiger partial charge in [-0.3, -0.25) is 9.79 Å². The molecule has 0 radical (unpaired) electrons. The van der Waals surface area contributed by atoms with Gasteiger partial charge in [-0.15, -0.1) is 0 Å². The number of hydrogen-bond acceptors (Lipinski definition) is 3. The largest absolute Gasteiger partial charge is 0.481 e. The Kier molecular flexibility index (Phi) is 5.78. The molecule has 2 unspecified atom stereocenters. The summed E-state index contributed by atoms with van der Waals surface area (Å²) in [6.45, 7) is 5.27. The van der Waals surface area contributed by atoms with E-state index in [1.807, 2.05) is 55.5 Å². The number of allylic oxidation sites excluding steroid dienone is 1. The third-order valence-electron chi connectivity index (χ3n) is 5.19. The average molecular weight is 389 g/mol. The number of nitrogens with zero attached hydrogens (tertiary/aromatic N) is 1. The number of carbonyl (C=O) groups is 2. The van der Waals surface area contributed by atoms with Crippen LogP contribution in [0.2, 0.25) is 0 Å². The van der Waals surface area contributed by atoms with Crippen molar-refractivity contribution in [2.75, 3.05) is 0 Å². The molecule has 1 heterocycles. The summed E-state index contributed by atoms with van der Waals surface area (Å²) in [6, 6.07) is 15.3. The Morgan fingerprint density at radius 2 is 1.59 bits per heavy atom. The van der Waals surface area contributed by atoms with Crippen molar-refractivity contribution in [2.45, 2.75) is 26.7 Å². The molecule has 29 heavy (non-hydrogen) atoms. The van der Waals surface area contributed by atoms with E-state index >= 15 is 0 Å². The van der Waals surface area contributed by atoms with Crippen molar-refractivity contribution < 1.29 is 19.8 Å². The number of hydrogen-bond donors (Lipinski definition) is 2. The molecule has 2 N–H and O–H groups in total. The van der Waals surface area contributed by atoms with Crippen LogP contribution in [-0.4, -0.2) is 27.9 Å². The van der Waals surface area contributed by atoms with E-state index in [1.165, 1.54) is 0 Å². The molecule has 0 bridgehead atoms. The highest BCUT2D eigenvalue weighted by molar-refractivity contribution is 6.06. The van der Waals surface area contributed by atoms with Crippen molar-refractivity contribution in [3.63, 3.8) is 0 Å².